The molecule has 0 aliphatic rings. The molecule has 4 nitrogen and oxygen atoms in total. The van der Waals surface area contributed by atoms with Gasteiger partial charge in [-0.15, -0.1) is 0 Å². The summed E-state index contributed by atoms with van der Waals surface area (Å²) in [7, 11) is 0. The second kappa shape index (κ2) is 8.15. The van der Waals surface area contributed by atoms with Crippen LogP contribution in [-0.2, 0) is 11.3 Å². The first-order valence-corrected chi connectivity index (χ1v) is 7.61. The number of nitrogens with zero attached hydrogens (tertiary/aromatic N) is 1. The first-order valence-electron chi connectivity index (χ1n) is 7.61. The lowest BCUT2D eigenvalue weighted by Crippen LogP contribution is -2.43. The van der Waals surface area contributed by atoms with Crippen LogP contribution in [0, 0.1) is 12.3 Å². The highest BCUT2D eigenvalue weighted by Crippen LogP contribution is 2.14. The normalized spacial score (nSPS) is 11.7. The van der Waals surface area contributed by atoms with Crippen LogP contribution in [0.25, 0.3) is 0 Å². The first-order chi connectivity index (χ1) is 9.86. The van der Waals surface area contributed by atoms with Gasteiger partial charge in [0.2, 0.25) is 5.91 Å². The Morgan fingerprint density at radius 1 is 1.29 bits per heavy atom. The van der Waals surface area contributed by atoms with E-state index in [0.29, 0.717) is 19.6 Å². The quantitative estimate of drug-likeness (QED) is 0.769. The molecule has 3 N–H and O–H groups in total. The highest BCUT2D eigenvalue weighted by molar-refractivity contribution is 5.78. The van der Waals surface area contributed by atoms with Crippen LogP contribution in [0.5, 0.6) is 0 Å². The van der Waals surface area contributed by atoms with Crippen LogP contribution >= 0.6 is 0 Å². The fourth-order valence-electron chi connectivity index (χ4n) is 2.11. The molecule has 0 fully saturated rings. The predicted molar refractivity (Wildman–Crippen MR) is 88.0 cm³/mol. The number of hydrogen-bond donors (Lipinski definition) is 2. The van der Waals surface area contributed by atoms with Gasteiger partial charge in [-0.05, 0) is 31.0 Å². The number of aryl methyl sites for hydroxylation is 1. The summed E-state index contributed by atoms with van der Waals surface area (Å²) >= 11 is 0. The van der Waals surface area contributed by atoms with E-state index in [2.05, 4.69) is 50.0 Å². The molecule has 0 unspecified atom stereocenters. The predicted octanol–water partition coefficient (Wildman–Crippen LogP) is 1.92. The van der Waals surface area contributed by atoms with Crippen molar-refractivity contribution in [1.82, 2.24) is 10.2 Å². The molecule has 0 aromatic heterocycles. The van der Waals surface area contributed by atoms with Crippen LogP contribution in [0.4, 0.5) is 0 Å². The number of carbonyl (C=O) groups excluding carboxylic acids is 1. The highest BCUT2D eigenvalue weighted by Gasteiger charge is 2.20. The van der Waals surface area contributed by atoms with Gasteiger partial charge in [-0.25, -0.2) is 0 Å². The first kappa shape index (κ1) is 17.7. The number of rotatable bonds is 8. The zero-order valence-corrected chi connectivity index (χ0v) is 13.8. The molecule has 0 saturated carbocycles. The largest absolute Gasteiger partial charge is 0.351 e. The number of hydrogen-bond acceptors (Lipinski definition) is 3. The van der Waals surface area contributed by atoms with Crippen molar-refractivity contribution < 1.29 is 4.79 Å². The second-order valence-corrected chi connectivity index (χ2v) is 6.43. The third kappa shape index (κ3) is 6.74. The lowest BCUT2D eigenvalue weighted by molar-refractivity contribution is -0.122. The average Bonchev–Trinajstić information content (AvgIpc) is 2.45. The summed E-state index contributed by atoms with van der Waals surface area (Å²) in [6, 6.07) is 8.21. The second-order valence-electron chi connectivity index (χ2n) is 6.43. The molecule has 0 heterocycles. The van der Waals surface area contributed by atoms with Crippen molar-refractivity contribution in [3.05, 3.63) is 35.4 Å². The summed E-state index contributed by atoms with van der Waals surface area (Å²) in [5.41, 5.74) is 8.15. The van der Waals surface area contributed by atoms with Crippen molar-refractivity contribution in [3.8, 4) is 0 Å². The van der Waals surface area contributed by atoms with E-state index in [9.17, 15) is 4.79 Å². The van der Waals surface area contributed by atoms with Gasteiger partial charge in [0.15, 0.2) is 0 Å². The number of benzene rings is 1. The molecule has 1 aromatic carbocycles. The van der Waals surface area contributed by atoms with Gasteiger partial charge in [0.1, 0.15) is 0 Å². The maximum atomic E-state index is 12.0. The lowest BCUT2D eigenvalue weighted by atomic mass is 9.93. The van der Waals surface area contributed by atoms with Crippen molar-refractivity contribution in [2.45, 2.75) is 34.2 Å². The van der Waals surface area contributed by atoms with Gasteiger partial charge < -0.3 is 11.1 Å². The Bertz CT molecular complexity index is 440. The summed E-state index contributed by atoms with van der Waals surface area (Å²) < 4.78 is 0. The summed E-state index contributed by atoms with van der Waals surface area (Å²) in [6.45, 7) is 11.7. The molecule has 1 aromatic rings. The Morgan fingerprint density at radius 3 is 2.43 bits per heavy atom. The zero-order valence-electron chi connectivity index (χ0n) is 13.8. The molecule has 1 rings (SSSR count). The molecular weight excluding hydrogens is 262 g/mol. The molecule has 1 amide bonds. The van der Waals surface area contributed by atoms with Crippen molar-refractivity contribution in [2.75, 3.05) is 26.2 Å². The maximum Gasteiger partial charge on any atom is 0.234 e. The number of likely N-dealkylation sites (N-methyl/N-ethyl adjacent to an activating group) is 1. The monoisotopic (exact) mass is 291 g/mol. The molecule has 0 spiro atoms. The van der Waals surface area contributed by atoms with E-state index in [1.807, 2.05) is 12.1 Å². The maximum absolute atomic E-state index is 12.0. The van der Waals surface area contributed by atoms with Crippen LogP contribution in [0.3, 0.4) is 0 Å². The Morgan fingerprint density at radius 2 is 1.90 bits per heavy atom. The van der Waals surface area contributed by atoms with Gasteiger partial charge in [0.05, 0.1) is 6.54 Å². The average molecular weight is 291 g/mol. The molecule has 21 heavy (non-hydrogen) atoms. The standard InChI is InChI=1S/C17H29N3O/c1-5-20(13-17(3,4)12-18)11-16(21)19-10-15-8-6-14(2)7-9-15/h6-9H,5,10-13,18H2,1-4H3,(H,19,21). The number of amides is 1. The minimum Gasteiger partial charge on any atom is -0.351 e. The van der Waals surface area contributed by atoms with Crippen molar-refractivity contribution >= 4 is 5.91 Å². The molecule has 0 atom stereocenters. The van der Waals surface area contributed by atoms with Crippen LogP contribution in [0.1, 0.15) is 31.9 Å². The summed E-state index contributed by atoms with van der Waals surface area (Å²) in [4.78, 5) is 14.2. The van der Waals surface area contributed by atoms with E-state index in [0.717, 1.165) is 18.7 Å². The Labute approximate surface area is 128 Å². The lowest BCUT2D eigenvalue weighted by Gasteiger charge is -2.30. The molecule has 0 aliphatic heterocycles. The number of carbonyl (C=O) groups is 1. The highest BCUT2D eigenvalue weighted by atomic mass is 16.2. The van der Waals surface area contributed by atoms with E-state index in [-0.39, 0.29) is 11.3 Å². The third-order valence-corrected chi connectivity index (χ3v) is 3.63. The van der Waals surface area contributed by atoms with Gasteiger partial charge in [-0.3, -0.25) is 9.69 Å². The number of nitrogens with one attached hydrogen (secondary N) is 1. The van der Waals surface area contributed by atoms with Gasteiger partial charge in [0.25, 0.3) is 0 Å². The summed E-state index contributed by atoms with van der Waals surface area (Å²) in [5, 5.41) is 2.98. The molecule has 0 radical (unpaired) electrons. The minimum absolute atomic E-state index is 0.0350. The van der Waals surface area contributed by atoms with Crippen molar-refractivity contribution in [1.29, 1.82) is 0 Å². The Balaban J connectivity index is 2.42. The Hall–Kier alpha value is -1.39. The van der Waals surface area contributed by atoms with Crippen LogP contribution < -0.4 is 11.1 Å². The van der Waals surface area contributed by atoms with E-state index in [1.54, 1.807) is 0 Å². The van der Waals surface area contributed by atoms with E-state index in [1.165, 1.54) is 5.56 Å². The van der Waals surface area contributed by atoms with Gasteiger partial charge in [-0.1, -0.05) is 50.6 Å². The van der Waals surface area contributed by atoms with Crippen LogP contribution in [0.15, 0.2) is 24.3 Å². The minimum atomic E-state index is 0.0350. The van der Waals surface area contributed by atoms with Crippen molar-refractivity contribution in [2.24, 2.45) is 11.1 Å². The topological polar surface area (TPSA) is 58.4 Å². The molecule has 0 aliphatic carbocycles. The SMILES string of the molecule is CCN(CC(=O)NCc1ccc(C)cc1)CC(C)(C)CN. The van der Waals surface area contributed by atoms with E-state index >= 15 is 0 Å². The summed E-state index contributed by atoms with van der Waals surface area (Å²) in [5.74, 6) is 0.0604. The van der Waals surface area contributed by atoms with Crippen molar-refractivity contribution in [3.63, 3.8) is 0 Å². The number of nitrogens with two attached hydrogens (primary N) is 1. The van der Waals surface area contributed by atoms with Crippen LogP contribution in [-0.4, -0.2) is 37.0 Å². The zero-order chi connectivity index (χ0) is 15.9. The van der Waals surface area contributed by atoms with E-state index in [4.69, 9.17) is 5.73 Å². The third-order valence-electron chi connectivity index (χ3n) is 3.63. The fourth-order valence-corrected chi connectivity index (χ4v) is 2.11. The fraction of sp³-hybridized carbons (Fsp3) is 0.588. The van der Waals surface area contributed by atoms with Gasteiger partial charge in [-0.2, -0.15) is 0 Å². The molecular formula is C17H29N3O. The molecule has 118 valence electrons. The smallest absolute Gasteiger partial charge is 0.234 e. The Kier molecular flexibility index (Phi) is 6.85. The van der Waals surface area contributed by atoms with Crippen LogP contribution in [0.2, 0.25) is 0 Å². The molecule has 0 saturated heterocycles. The molecule has 4 heteroatoms. The summed E-state index contributed by atoms with van der Waals surface area (Å²) in [6.07, 6.45) is 0. The molecule has 0 bridgehead atoms. The van der Waals surface area contributed by atoms with E-state index < -0.39 is 0 Å². The van der Waals surface area contributed by atoms with Gasteiger partial charge >= 0.3 is 0 Å². The van der Waals surface area contributed by atoms with Gasteiger partial charge in [0, 0.05) is 13.1 Å².